The van der Waals surface area contributed by atoms with Crippen molar-refractivity contribution >= 4 is 51.2 Å². The third kappa shape index (κ3) is 6.02. The zero-order valence-corrected chi connectivity index (χ0v) is 22.3. The van der Waals surface area contributed by atoms with Gasteiger partial charge >= 0.3 is 0 Å². The number of hydrazone groups is 1. The Bertz CT molecular complexity index is 1540. The van der Waals surface area contributed by atoms with Crippen LogP contribution < -0.4 is 9.73 Å². The molecule has 0 spiro atoms. The second-order valence-corrected chi connectivity index (χ2v) is 10.8. The molecule has 0 atom stereocenters. The van der Waals surface area contributed by atoms with Gasteiger partial charge in [-0.05, 0) is 62.4 Å². The molecule has 0 aliphatic rings. The van der Waals surface area contributed by atoms with Crippen molar-refractivity contribution in [1.29, 1.82) is 0 Å². The number of hydrogen-bond donors (Lipinski definition) is 1. The lowest BCUT2D eigenvalue weighted by Gasteiger charge is -2.22. The van der Waals surface area contributed by atoms with Gasteiger partial charge in [-0.25, -0.2) is 23.1 Å². The van der Waals surface area contributed by atoms with Gasteiger partial charge in [-0.2, -0.15) is 5.10 Å². The molecule has 0 radical (unpaired) electrons. The van der Waals surface area contributed by atoms with Gasteiger partial charge in [0.25, 0.3) is 15.9 Å². The van der Waals surface area contributed by atoms with Crippen LogP contribution in [0.2, 0.25) is 10.0 Å². The molecule has 0 unspecified atom stereocenters. The van der Waals surface area contributed by atoms with Crippen LogP contribution in [0.3, 0.4) is 0 Å². The maximum atomic E-state index is 13.3. The first-order valence-corrected chi connectivity index (χ1v) is 13.3. The molecule has 1 N–H and O–H groups in total. The normalized spacial score (nSPS) is 11.6. The molecule has 1 amide bonds. The topological polar surface area (TPSA) is 96.7 Å². The van der Waals surface area contributed by atoms with E-state index in [1.54, 1.807) is 48.5 Å². The Kier molecular flexibility index (Phi) is 7.97. The fourth-order valence-corrected chi connectivity index (χ4v) is 5.75. The van der Waals surface area contributed by atoms with Gasteiger partial charge in [0.05, 0.1) is 11.1 Å². The van der Waals surface area contributed by atoms with Gasteiger partial charge in [0.1, 0.15) is 12.4 Å². The number of carbonyl (C=O) groups excluding carboxylic acids is 1. The van der Waals surface area contributed by atoms with Gasteiger partial charge in [-0.3, -0.25) is 4.79 Å². The summed E-state index contributed by atoms with van der Waals surface area (Å²) in [7, 11) is -4.04. The van der Waals surface area contributed by atoms with Crippen LogP contribution in [-0.2, 0) is 14.8 Å². The molecule has 0 saturated heterocycles. The standard InChI is InChI=1S/C26H23Cl2N5O3S/c1-18-12-20(19(2)33(18)23-14-21(27)13-22(28)15-23)16-30-31-26(34)17-32(25-10-6-7-11-29-25)37(35,36)24-8-4-3-5-9-24/h3-16H,17H2,1-2H3,(H,31,34)/b30-16-. The first-order chi connectivity index (χ1) is 17.7. The van der Waals surface area contributed by atoms with Gasteiger partial charge in [0.2, 0.25) is 0 Å². The lowest BCUT2D eigenvalue weighted by atomic mass is 10.2. The maximum absolute atomic E-state index is 13.3. The van der Waals surface area contributed by atoms with Crippen LogP contribution >= 0.6 is 23.2 Å². The van der Waals surface area contributed by atoms with Crippen LogP contribution in [-0.4, -0.2) is 36.6 Å². The summed E-state index contributed by atoms with van der Waals surface area (Å²) in [5.41, 5.74) is 5.74. The van der Waals surface area contributed by atoms with E-state index in [0.29, 0.717) is 10.0 Å². The minimum absolute atomic E-state index is 0.0468. The number of anilines is 1. The van der Waals surface area contributed by atoms with Gasteiger partial charge in [0, 0.05) is 38.9 Å². The number of nitrogens with one attached hydrogen (secondary N) is 1. The summed E-state index contributed by atoms with van der Waals surface area (Å²) < 4.78 is 29.5. The van der Waals surface area contributed by atoms with E-state index in [1.165, 1.54) is 30.6 Å². The summed E-state index contributed by atoms with van der Waals surface area (Å²) in [6, 6.07) is 19.9. The first kappa shape index (κ1) is 26.4. The quantitative estimate of drug-likeness (QED) is 0.240. The zero-order valence-electron chi connectivity index (χ0n) is 20.0. The molecular weight excluding hydrogens is 533 g/mol. The minimum atomic E-state index is -4.04. The Hall–Kier alpha value is -3.66. The number of aryl methyl sites for hydroxylation is 1. The second-order valence-electron chi connectivity index (χ2n) is 8.10. The van der Waals surface area contributed by atoms with Crippen molar-refractivity contribution in [3.05, 3.63) is 106 Å². The van der Waals surface area contributed by atoms with E-state index in [-0.39, 0.29) is 10.7 Å². The van der Waals surface area contributed by atoms with Crippen molar-refractivity contribution in [2.24, 2.45) is 5.10 Å². The molecule has 8 nitrogen and oxygen atoms in total. The number of nitrogens with zero attached hydrogens (tertiary/aromatic N) is 4. The number of rotatable bonds is 8. The van der Waals surface area contributed by atoms with Crippen LogP contribution in [0.4, 0.5) is 5.82 Å². The number of sulfonamides is 1. The first-order valence-electron chi connectivity index (χ1n) is 11.1. The summed E-state index contributed by atoms with van der Waals surface area (Å²) in [6.07, 6.45) is 2.96. The van der Waals surface area contributed by atoms with Crippen molar-refractivity contribution in [2.75, 3.05) is 10.8 Å². The molecule has 0 bridgehead atoms. The van der Waals surface area contributed by atoms with E-state index in [4.69, 9.17) is 23.2 Å². The molecular formula is C26H23Cl2N5O3S. The highest BCUT2D eigenvalue weighted by molar-refractivity contribution is 7.92. The van der Waals surface area contributed by atoms with Crippen molar-refractivity contribution in [1.82, 2.24) is 15.0 Å². The number of carbonyl (C=O) groups is 1. The largest absolute Gasteiger partial charge is 0.318 e. The number of halogens is 2. The average Bonchev–Trinajstić information content (AvgIpc) is 3.15. The number of benzene rings is 2. The summed E-state index contributed by atoms with van der Waals surface area (Å²) in [6.45, 7) is 3.32. The van der Waals surface area contributed by atoms with Crippen LogP contribution in [0.5, 0.6) is 0 Å². The molecule has 0 aliphatic heterocycles. The molecule has 0 aliphatic carbocycles. The molecule has 2 aromatic carbocycles. The number of amides is 1. The highest BCUT2D eigenvalue weighted by Crippen LogP contribution is 2.26. The Balaban J connectivity index is 1.54. The van der Waals surface area contributed by atoms with E-state index in [0.717, 1.165) is 26.9 Å². The average molecular weight is 556 g/mol. The molecule has 2 heterocycles. The highest BCUT2D eigenvalue weighted by Gasteiger charge is 2.27. The molecule has 4 aromatic rings. The molecule has 190 valence electrons. The summed E-state index contributed by atoms with van der Waals surface area (Å²) in [5, 5.41) is 5.08. The smallest absolute Gasteiger partial charge is 0.265 e. The fraction of sp³-hybridized carbons (Fsp3) is 0.115. The lowest BCUT2D eigenvalue weighted by molar-refractivity contribution is -0.119. The van der Waals surface area contributed by atoms with E-state index in [2.05, 4.69) is 15.5 Å². The van der Waals surface area contributed by atoms with Gasteiger partial charge < -0.3 is 4.57 Å². The molecule has 0 saturated carbocycles. The Morgan fingerprint density at radius 2 is 1.70 bits per heavy atom. The predicted octanol–water partition coefficient (Wildman–Crippen LogP) is 5.14. The van der Waals surface area contributed by atoms with Crippen molar-refractivity contribution in [2.45, 2.75) is 18.7 Å². The van der Waals surface area contributed by atoms with Crippen molar-refractivity contribution < 1.29 is 13.2 Å². The number of aromatic nitrogens is 2. The molecule has 11 heteroatoms. The Morgan fingerprint density at radius 1 is 1.03 bits per heavy atom. The number of pyridine rings is 1. The maximum Gasteiger partial charge on any atom is 0.265 e. The summed E-state index contributed by atoms with van der Waals surface area (Å²) >= 11 is 12.3. The second kappa shape index (κ2) is 11.2. The van der Waals surface area contributed by atoms with Gasteiger partial charge in [-0.15, -0.1) is 0 Å². The number of hydrogen-bond acceptors (Lipinski definition) is 5. The lowest BCUT2D eigenvalue weighted by Crippen LogP contribution is -2.40. The van der Waals surface area contributed by atoms with Crippen LogP contribution in [0, 0.1) is 13.8 Å². The van der Waals surface area contributed by atoms with Crippen molar-refractivity contribution in [3.8, 4) is 5.69 Å². The minimum Gasteiger partial charge on any atom is -0.318 e. The van der Waals surface area contributed by atoms with E-state index >= 15 is 0 Å². The van der Waals surface area contributed by atoms with E-state index in [9.17, 15) is 13.2 Å². The Morgan fingerprint density at radius 3 is 2.35 bits per heavy atom. The van der Waals surface area contributed by atoms with Crippen LogP contribution in [0.1, 0.15) is 17.0 Å². The summed E-state index contributed by atoms with van der Waals surface area (Å²) in [5.74, 6) is -0.508. The summed E-state index contributed by atoms with van der Waals surface area (Å²) in [4.78, 5) is 16.9. The Labute approximate surface area is 225 Å². The molecule has 2 aromatic heterocycles. The SMILES string of the molecule is Cc1cc(/C=N\NC(=O)CN(c2ccccn2)S(=O)(=O)c2ccccc2)c(C)n1-c1cc(Cl)cc(Cl)c1. The molecule has 4 rings (SSSR count). The zero-order chi connectivity index (χ0) is 26.6. The van der Waals surface area contributed by atoms with E-state index < -0.39 is 22.5 Å². The van der Waals surface area contributed by atoms with Gasteiger partial charge in [-0.1, -0.05) is 47.5 Å². The fourth-order valence-electron chi connectivity index (χ4n) is 3.83. The van der Waals surface area contributed by atoms with Gasteiger partial charge in [0.15, 0.2) is 0 Å². The van der Waals surface area contributed by atoms with Crippen LogP contribution in [0.25, 0.3) is 5.69 Å². The highest BCUT2D eigenvalue weighted by atomic mass is 35.5. The van der Waals surface area contributed by atoms with Crippen LogP contribution in [0.15, 0.2) is 89.0 Å². The third-order valence-corrected chi connectivity index (χ3v) is 7.69. The van der Waals surface area contributed by atoms with E-state index in [1.807, 2.05) is 24.5 Å². The molecule has 0 fully saturated rings. The van der Waals surface area contributed by atoms with Crippen molar-refractivity contribution in [3.63, 3.8) is 0 Å². The third-order valence-electron chi connectivity index (χ3n) is 5.49. The predicted molar refractivity (Wildman–Crippen MR) is 146 cm³/mol. The molecule has 37 heavy (non-hydrogen) atoms. The monoisotopic (exact) mass is 555 g/mol.